The van der Waals surface area contributed by atoms with E-state index in [0.29, 0.717) is 5.56 Å². The van der Waals surface area contributed by atoms with Crippen LogP contribution in [0.3, 0.4) is 0 Å². The molecule has 31 heavy (non-hydrogen) atoms. The summed E-state index contributed by atoms with van der Waals surface area (Å²) in [5, 5.41) is 17.1. The summed E-state index contributed by atoms with van der Waals surface area (Å²) in [5.74, 6) is -1.76. The monoisotopic (exact) mass is 449 g/mol. The minimum absolute atomic E-state index is 0.218. The van der Waals surface area contributed by atoms with Crippen LogP contribution in [-0.2, 0) is 15.1 Å². The number of aliphatic hydroxyl groups excluding tert-OH is 1. The van der Waals surface area contributed by atoms with Crippen LogP contribution >= 0.6 is 12.2 Å². The molecule has 0 aromatic heterocycles. The molecule has 2 aromatic carbocycles. The molecule has 0 spiro atoms. The van der Waals surface area contributed by atoms with Crippen LogP contribution in [0.5, 0.6) is 0 Å². The lowest BCUT2D eigenvalue weighted by atomic mass is 9.78. The number of carbonyl (C=O) groups excluding carboxylic acids is 2. The maximum absolute atomic E-state index is 15.8. The van der Waals surface area contributed by atoms with Crippen molar-refractivity contribution in [2.24, 2.45) is 0 Å². The average molecular weight is 449 g/mol. The first-order valence-electron chi connectivity index (χ1n) is 9.34. The molecular weight excluding hydrogens is 428 g/mol. The fourth-order valence-electron chi connectivity index (χ4n) is 3.46. The van der Waals surface area contributed by atoms with E-state index in [9.17, 15) is 19.1 Å². The number of rotatable bonds is 5. The highest BCUT2D eigenvalue weighted by Gasteiger charge is 2.60. The summed E-state index contributed by atoms with van der Waals surface area (Å²) in [4.78, 5) is 23.8. The lowest BCUT2D eigenvalue weighted by Crippen LogP contribution is -2.63. The Hall–Kier alpha value is -2.95. The minimum Gasteiger partial charge on any atom is -0.393 e. The first-order chi connectivity index (χ1) is 14.7. The average Bonchev–Trinajstić information content (AvgIpc) is 3.06. The van der Waals surface area contributed by atoms with Gasteiger partial charge in [0.2, 0.25) is 5.91 Å². The Morgan fingerprint density at radius 1 is 1.19 bits per heavy atom. The Labute approximate surface area is 182 Å². The van der Waals surface area contributed by atoms with Crippen LogP contribution in [-0.4, -0.2) is 47.5 Å². The van der Waals surface area contributed by atoms with E-state index < -0.39 is 42.1 Å². The molecule has 1 fully saturated rings. The van der Waals surface area contributed by atoms with Crippen LogP contribution in [0.25, 0.3) is 0 Å². The lowest BCUT2D eigenvalue weighted by molar-refractivity contribution is -0.114. The van der Waals surface area contributed by atoms with Crippen LogP contribution in [0.1, 0.15) is 22.8 Å². The number of amides is 2. The van der Waals surface area contributed by atoms with Crippen LogP contribution in [0, 0.1) is 5.82 Å². The van der Waals surface area contributed by atoms with Gasteiger partial charge in [-0.1, -0.05) is 18.2 Å². The summed E-state index contributed by atoms with van der Waals surface area (Å²) in [6.45, 7) is -0.641. The van der Waals surface area contributed by atoms with Gasteiger partial charge in [0.25, 0.3) is 5.91 Å². The van der Waals surface area contributed by atoms with E-state index >= 15 is 4.39 Å². The topological polar surface area (TPSA) is 99.7 Å². The number of thiocarbonyl (C=S) groups is 1. The van der Waals surface area contributed by atoms with Gasteiger partial charge in [0.1, 0.15) is 11.4 Å². The quantitative estimate of drug-likeness (QED) is 0.522. The number of benzene rings is 2. The fourth-order valence-corrected chi connectivity index (χ4v) is 3.72. The molecule has 0 saturated carbocycles. The van der Waals surface area contributed by atoms with E-state index in [4.69, 9.17) is 17.0 Å². The van der Waals surface area contributed by atoms with Crippen LogP contribution in [0.15, 0.2) is 48.5 Å². The highest BCUT2D eigenvalue weighted by Crippen LogP contribution is 2.43. The zero-order chi connectivity index (χ0) is 22.6. The van der Waals surface area contributed by atoms with Crippen molar-refractivity contribution in [3.63, 3.8) is 0 Å². The second-order valence-corrected chi connectivity index (χ2v) is 7.58. The first-order valence-corrected chi connectivity index (χ1v) is 9.75. The fraction of sp³-hybridized carbons (Fsp3) is 0.286. The molecular formula is C21H21F2N3O4S. The normalized spacial score (nSPS) is 22.6. The van der Waals surface area contributed by atoms with Crippen molar-refractivity contribution in [1.29, 1.82) is 0 Å². The molecule has 0 bridgehead atoms. The van der Waals surface area contributed by atoms with Gasteiger partial charge in [-0.15, -0.1) is 0 Å². The Morgan fingerprint density at radius 2 is 1.90 bits per heavy atom. The van der Waals surface area contributed by atoms with Crippen LogP contribution < -0.4 is 16.0 Å². The zero-order valence-electron chi connectivity index (χ0n) is 16.6. The second-order valence-electron chi connectivity index (χ2n) is 7.17. The molecule has 2 amide bonds. The molecule has 2 atom stereocenters. The van der Waals surface area contributed by atoms with Crippen molar-refractivity contribution in [3.05, 3.63) is 65.5 Å². The molecule has 2 aromatic rings. The molecule has 1 aliphatic rings. The first kappa shape index (κ1) is 22.7. The van der Waals surface area contributed by atoms with Gasteiger partial charge in [-0.05, 0) is 42.5 Å². The van der Waals surface area contributed by atoms with Gasteiger partial charge in [0.05, 0.1) is 19.8 Å². The summed E-state index contributed by atoms with van der Waals surface area (Å²) in [6, 6.07) is 11.8. The number of carbonyl (C=O) groups is 2. The van der Waals surface area contributed by atoms with Gasteiger partial charge in [0, 0.05) is 23.7 Å². The number of hydrogen-bond acceptors (Lipinski definition) is 5. The van der Waals surface area contributed by atoms with Gasteiger partial charge in [0.15, 0.2) is 10.8 Å². The largest absolute Gasteiger partial charge is 0.393 e. The molecule has 4 N–H and O–H groups in total. The third kappa shape index (κ3) is 4.55. The Morgan fingerprint density at radius 3 is 2.55 bits per heavy atom. The summed E-state index contributed by atoms with van der Waals surface area (Å²) in [5.41, 5.74) is -4.11. The third-order valence-corrected chi connectivity index (χ3v) is 5.21. The SMILES string of the molecule is CC(=O)Nc1ccc(F)c(C2(NC(=S)NC(=O)c3ccccc3)COCC2(F)CO)c1. The number of nitrogens with one attached hydrogen (secondary N) is 3. The molecule has 164 valence electrons. The van der Waals surface area contributed by atoms with Crippen LogP contribution in [0.4, 0.5) is 14.5 Å². The number of halogens is 2. The summed E-state index contributed by atoms with van der Waals surface area (Å²) in [7, 11) is 0. The highest BCUT2D eigenvalue weighted by atomic mass is 32.1. The Bertz CT molecular complexity index is 1010. The van der Waals surface area contributed by atoms with Crippen molar-refractivity contribution in [1.82, 2.24) is 10.6 Å². The van der Waals surface area contributed by atoms with Crippen LogP contribution in [0.2, 0.25) is 0 Å². The smallest absolute Gasteiger partial charge is 0.257 e. The van der Waals surface area contributed by atoms with E-state index in [1.54, 1.807) is 30.3 Å². The number of ether oxygens (including phenoxy) is 1. The van der Waals surface area contributed by atoms with E-state index in [1.165, 1.54) is 19.1 Å². The standard InChI is InChI=1S/C21H21F2N3O4S/c1-13(28)24-15-7-8-17(22)16(9-15)21(12-30-11-20(21,23)10-27)26-19(31)25-18(29)14-5-3-2-4-6-14/h2-9,27H,10-12H2,1H3,(H,24,28)(H2,25,26,29,31). The molecule has 1 saturated heterocycles. The molecule has 0 aliphatic carbocycles. The maximum Gasteiger partial charge on any atom is 0.257 e. The predicted octanol–water partition coefficient (Wildman–Crippen LogP) is 2.01. The molecule has 1 aliphatic heterocycles. The van der Waals surface area contributed by atoms with E-state index in [1.807, 2.05) is 0 Å². The Balaban J connectivity index is 1.97. The van der Waals surface area contributed by atoms with Gasteiger partial charge in [-0.3, -0.25) is 14.9 Å². The Kier molecular flexibility index (Phi) is 6.63. The molecule has 1 heterocycles. The predicted molar refractivity (Wildman–Crippen MR) is 114 cm³/mol. The van der Waals surface area contributed by atoms with Gasteiger partial charge < -0.3 is 20.5 Å². The molecule has 0 radical (unpaired) electrons. The lowest BCUT2D eigenvalue weighted by Gasteiger charge is -2.39. The number of anilines is 1. The van der Waals surface area contributed by atoms with Gasteiger partial charge in [-0.25, -0.2) is 8.78 Å². The van der Waals surface area contributed by atoms with E-state index in [-0.39, 0.29) is 23.0 Å². The van der Waals surface area contributed by atoms with Crippen molar-refractivity contribution in [2.45, 2.75) is 18.1 Å². The summed E-state index contributed by atoms with van der Waals surface area (Å²) >= 11 is 5.20. The third-order valence-electron chi connectivity index (χ3n) is 5.00. The summed E-state index contributed by atoms with van der Waals surface area (Å²) in [6.07, 6.45) is 0. The maximum atomic E-state index is 15.8. The molecule has 10 heteroatoms. The zero-order valence-corrected chi connectivity index (χ0v) is 17.4. The number of aliphatic hydroxyl groups is 1. The number of alkyl halides is 1. The van der Waals surface area contributed by atoms with Crippen molar-refractivity contribution >= 4 is 34.8 Å². The minimum atomic E-state index is -2.47. The van der Waals surface area contributed by atoms with E-state index in [2.05, 4.69) is 16.0 Å². The summed E-state index contributed by atoms with van der Waals surface area (Å²) < 4.78 is 35.9. The number of hydrogen-bond donors (Lipinski definition) is 4. The van der Waals surface area contributed by atoms with Crippen molar-refractivity contribution < 1.29 is 28.2 Å². The van der Waals surface area contributed by atoms with E-state index in [0.717, 1.165) is 6.07 Å². The van der Waals surface area contributed by atoms with Gasteiger partial charge in [-0.2, -0.15) is 0 Å². The van der Waals surface area contributed by atoms with Gasteiger partial charge >= 0.3 is 0 Å². The molecule has 3 rings (SSSR count). The van der Waals surface area contributed by atoms with Crippen molar-refractivity contribution in [3.8, 4) is 0 Å². The second kappa shape index (κ2) is 9.04. The molecule has 7 nitrogen and oxygen atoms in total. The molecule has 2 unspecified atom stereocenters. The van der Waals surface area contributed by atoms with Crippen molar-refractivity contribution in [2.75, 3.05) is 25.1 Å². The highest BCUT2D eigenvalue weighted by molar-refractivity contribution is 7.80.